The molecule has 32 heavy (non-hydrogen) atoms. The van der Waals surface area contributed by atoms with Gasteiger partial charge in [-0.2, -0.15) is 0 Å². The van der Waals surface area contributed by atoms with Crippen LogP contribution in [0, 0.1) is 0 Å². The largest absolute Gasteiger partial charge is 0.490 e. The molecule has 1 heterocycles. The molecular weight excluding hydrogens is 509 g/mol. The fraction of sp³-hybridized carbons (Fsp3) is 0.318. The van der Waals surface area contributed by atoms with Crippen LogP contribution in [0.25, 0.3) is 0 Å². The molecule has 0 bridgehead atoms. The number of ether oxygens (including phenoxy) is 1. The van der Waals surface area contributed by atoms with Crippen LogP contribution >= 0.6 is 57.9 Å². The molecule has 0 aliphatic heterocycles. The van der Waals surface area contributed by atoms with Gasteiger partial charge < -0.3 is 4.74 Å². The van der Waals surface area contributed by atoms with Gasteiger partial charge in [0, 0.05) is 16.3 Å². The molecule has 0 unspecified atom stereocenters. The molecule has 0 radical (unpaired) electrons. The molecule has 5 nitrogen and oxygen atoms in total. The number of carbonyl (C=O) groups is 1. The van der Waals surface area contributed by atoms with Crippen molar-refractivity contribution in [3.05, 3.63) is 62.6 Å². The Labute approximate surface area is 210 Å². The minimum absolute atomic E-state index is 0.301. The normalized spacial score (nSPS) is 10.9. The molecule has 1 N–H and O–H groups in total. The third-order valence-corrected chi connectivity index (χ3v) is 7.26. The monoisotopic (exact) mass is 529 g/mol. The highest BCUT2D eigenvalue weighted by atomic mass is 35.5. The van der Waals surface area contributed by atoms with Gasteiger partial charge in [0.15, 0.2) is 10.1 Å². The summed E-state index contributed by atoms with van der Waals surface area (Å²) in [7, 11) is 0. The van der Waals surface area contributed by atoms with E-state index >= 15 is 0 Å². The maximum Gasteiger partial charge on any atom is 0.257 e. The summed E-state index contributed by atoms with van der Waals surface area (Å²) in [5, 5.41) is 12.6. The Balaban J connectivity index is 1.55. The molecule has 0 fully saturated rings. The van der Waals surface area contributed by atoms with Gasteiger partial charge in [-0.15, -0.1) is 10.2 Å². The van der Waals surface area contributed by atoms with E-state index in [0.717, 1.165) is 41.3 Å². The van der Waals surface area contributed by atoms with Crippen LogP contribution < -0.4 is 10.1 Å². The van der Waals surface area contributed by atoms with Crippen LogP contribution in [0.1, 0.15) is 48.5 Å². The first-order chi connectivity index (χ1) is 15.5. The first-order valence-corrected chi connectivity index (χ1v) is 13.0. The Morgan fingerprint density at radius 1 is 1.06 bits per heavy atom. The molecule has 0 aliphatic carbocycles. The second-order valence-electron chi connectivity index (χ2n) is 6.92. The molecule has 0 saturated carbocycles. The number of carbonyl (C=O) groups excluding carboxylic acids is 1. The smallest absolute Gasteiger partial charge is 0.257 e. The lowest BCUT2D eigenvalue weighted by molar-refractivity contribution is 0.102. The number of thioether (sulfide) groups is 1. The van der Waals surface area contributed by atoms with Gasteiger partial charge in [-0.25, -0.2) is 0 Å². The molecule has 3 rings (SSSR count). The van der Waals surface area contributed by atoms with E-state index in [9.17, 15) is 4.79 Å². The Morgan fingerprint density at radius 2 is 1.78 bits per heavy atom. The van der Waals surface area contributed by atoms with Crippen molar-refractivity contribution in [3.8, 4) is 5.75 Å². The third-order valence-electron chi connectivity index (χ3n) is 4.41. The van der Waals surface area contributed by atoms with E-state index in [1.165, 1.54) is 23.1 Å². The highest BCUT2D eigenvalue weighted by Gasteiger charge is 2.16. The van der Waals surface area contributed by atoms with Crippen LogP contribution in [0.4, 0.5) is 5.13 Å². The molecule has 0 saturated heterocycles. The van der Waals surface area contributed by atoms with Crippen LogP contribution in [0.3, 0.4) is 0 Å². The van der Waals surface area contributed by atoms with Crippen molar-refractivity contribution in [2.45, 2.75) is 42.7 Å². The summed E-state index contributed by atoms with van der Waals surface area (Å²) in [6.07, 6.45) is 4.34. The topological polar surface area (TPSA) is 64.1 Å². The number of rotatable bonds is 11. The zero-order chi connectivity index (χ0) is 22.9. The molecule has 1 amide bonds. The van der Waals surface area contributed by atoms with Gasteiger partial charge in [0.05, 0.1) is 16.7 Å². The molecule has 3 aromatic rings. The molecule has 2 aromatic carbocycles. The first-order valence-electron chi connectivity index (χ1n) is 10.1. The standard InChI is InChI=1S/C22H22Cl3N3O2S2/c1-2-3-4-5-10-30-19-17(24)11-15(12-18(19)25)20(29)26-21-27-28-22(32-21)31-13-14-6-8-16(23)9-7-14/h6-9,11-12H,2-5,10,13H2,1H3,(H,26,27,29). The fourth-order valence-corrected chi connectivity index (χ4v) is 5.17. The van der Waals surface area contributed by atoms with Crippen molar-refractivity contribution in [3.63, 3.8) is 0 Å². The van der Waals surface area contributed by atoms with E-state index < -0.39 is 0 Å². The molecular formula is C22H22Cl3N3O2S2. The van der Waals surface area contributed by atoms with Crippen molar-refractivity contribution >= 4 is 68.9 Å². The first kappa shape index (κ1) is 25.1. The SMILES string of the molecule is CCCCCCOc1c(Cl)cc(C(=O)Nc2nnc(SCc3ccc(Cl)cc3)s2)cc1Cl. The Kier molecular flexibility index (Phi) is 9.93. The number of amides is 1. The maximum absolute atomic E-state index is 12.6. The van der Waals surface area contributed by atoms with E-state index in [1.807, 2.05) is 24.3 Å². The van der Waals surface area contributed by atoms with Crippen LogP contribution in [0.2, 0.25) is 15.1 Å². The Bertz CT molecular complexity index is 1020. The predicted molar refractivity (Wildman–Crippen MR) is 135 cm³/mol. The number of hydrogen-bond acceptors (Lipinski definition) is 6. The Hall–Kier alpha value is -1.51. The quantitative estimate of drug-likeness (QED) is 0.154. The summed E-state index contributed by atoms with van der Waals surface area (Å²) in [6, 6.07) is 10.7. The number of nitrogens with zero attached hydrogens (tertiary/aromatic N) is 2. The van der Waals surface area contributed by atoms with Gasteiger partial charge in [0.2, 0.25) is 5.13 Å². The summed E-state index contributed by atoms with van der Waals surface area (Å²) >= 11 is 21.4. The molecule has 170 valence electrons. The number of aromatic nitrogens is 2. The number of unbranched alkanes of at least 4 members (excludes halogenated alkanes) is 3. The minimum Gasteiger partial charge on any atom is -0.490 e. The number of anilines is 1. The van der Waals surface area contributed by atoms with Gasteiger partial charge in [0.1, 0.15) is 0 Å². The van der Waals surface area contributed by atoms with E-state index in [2.05, 4.69) is 22.4 Å². The maximum atomic E-state index is 12.6. The van der Waals surface area contributed by atoms with E-state index in [1.54, 1.807) is 12.1 Å². The van der Waals surface area contributed by atoms with Gasteiger partial charge >= 0.3 is 0 Å². The van der Waals surface area contributed by atoms with Crippen molar-refractivity contribution in [2.24, 2.45) is 0 Å². The minimum atomic E-state index is -0.367. The lowest BCUT2D eigenvalue weighted by atomic mass is 10.2. The van der Waals surface area contributed by atoms with Crippen molar-refractivity contribution in [1.29, 1.82) is 0 Å². The number of benzene rings is 2. The summed E-state index contributed by atoms with van der Waals surface area (Å²) in [5.74, 6) is 0.761. The summed E-state index contributed by atoms with van der Waals surface area (Å²) in [4.78, 5) is 12.6. The van der Waals surface area contributed by atoms with Crippen molar-refractivity contribution < 1.29 is 9.53 Å². The molecule has 0 atom stereocenters. The van der Waals surface area contributed by atoms with Crippen LogP contribution in [-0.4, -0.2) is 22.7 Å². The van der Waals surface area contributed by atoms with Crippen molar-refractivity contribution in [1.82, 2.24) is 10.2 Å². The van der Waals surface area contributed by atoms with Gasteiger partial charge in [-0.3, -0.25) is 10.1 Å². The predicted octanol–water partition coefficient (Wildman–Crippen LogP) is 8.00. The zero-order valence-corrected chi connectivity index (χ0v) is 21.3. The highest BCUT2D eigenvalue weighted by molar-refractivity contribution is 8.00. The molecule has 1 aromatic heterocycles. The molecule has 10 heteroatoms. The number of halogens is 3. The van der Waals surface area contributed by atoms with Crippen LogP contribution in [0.5, 0.6) is 5.75 Å². The Morgan fingerprint density at radius 3 is 2.47 bits per heavy atom. The van der Waals surface area contributed by atoms with Crippen LogP contribution in [0.15, 0.2) is 40.7 Å². The van der Waals surface area contributed by atoms with E-state index in [0.29, 0.717) is 38.1 Å². The van der Waals surface area contributed by atoms with Gasteiger partial charge in [-0.1, -0.05) is 96.2 Å². The summed E-state index contributed by atoms with van der Waals surface area (Å²) in [6.45, 7) is 2.69. The highest BCUT2D eigenvalue weighted by Crippen LogP contribution is 2.35. The van der Waals surface area contributed by atoms with Gasteiger partial charge in [0.25, 0.3) is 5.91 Å². The number of hydrogen-bond donors (Lipinski definition) is 1. The summed E-state index contributed by atoms with van der Waals surface area (Å²) < 4.78 is 6.46. The van der Waals surface area contributed by atoms with Gasteiger partial charge in [-0.05, 0) is 36.2 Å². The van der Waals surface area contributed by atoms with Crippen molar-refractivity contribution in [2.75, 3.05) is 11.9 Å². The lowest BCUT2D eigenvalue weighted by Crippen LogP contribution is -2.12. The number of nitrogens with one attached hydrogen (secondary N) is 1. The lowest BCUT2D eigenvalue weighted by Gasteiger charge is -2.11. The second kappa shape index (κ2) is 12.7. The second-order valence-corrected chi connectivity index (χ2v) is 10.4. The fourth-order valence-electron chi connectivity index (χ4n) is 2.75. The summed E-state index contributed by atoms with van der Waals surface area (Å²) in [5.41, 5.74) is 1.45. The third kappa shape index (κ3) is 7.52. The molecule has 0 spiro atoms. The van der Waals surface area contributed by atoms with Crippen LogP contribution in [-0.2, 0) is 5.75 Å². The zero-order valence-electron chi connectivity index (χ0n) is 17.4. The average molecular weight is 531 g/mol. The average Bonchev–Trinajstić information content (AvgIpc) is 3.22. The van der Waals surface area contributed by atoms with E-state index in [-0.39, 0.29) is 5.91 Å². The van der Waals surface area contributed by atoms with E-state index in [4.69, 9.17) is 39.5 Å². The molecule has 0 aliphatic rings.